The Morgan fingerprint density at radius 2 is 1.75 bits per heavy atom. The van der Waals surface area contributed by atoms with Gasteiger partial charge in [0.1, 0.15) is 5.75 Å². The first-order valence-corrected chi connectivity index (χ1v) is 12.4. The monoisotopic (exact) mass is 458 g/mol. The van der Waals surface area contributed by atoms with Crippen LogP contribution >= 0.6 is 0 Å². The number of anilines is 1. The van der Waals surface area contributed by atoms with Gasteiger partial charge in [0, 0.05) is 17.3 Å². The van der Waals surface area contributed by atoms with Crippen molar-refractivity contribution in [2.24, 2.45) is 0 Å². The van der Waals surface area contributed by atoms with E-state index in [9.17, 15) is 18.0 Å². The van der Waals surface area contributed by atoms with Crippen molar-refractivity contribution >= 4 is 27.4 Å². The highest BCUT2D eigenvalue weighted by Crippen LogP contribution is 2.28. The van der Waals surface area contributed by atoms with Crippen LogP contribution in [0.25, 0.3) is 0 Å². The van der Waals surface area contributed by atoms with Crippen LogP contribution in [-0.2, 0) is 14.8 Å². The Kier molecular flexibility index (Phi) is 8.04. The molecular weight excluding hydrogens is 428 g/mol. The summed E-state index contributed by atoms with van der Waals surface area (Å²) in [4.78, 5) is 24.6. The molecule has 0 aromatic heterocycles. The van der Waals surface area contributed by atoms with Gasteiger partial charge in [0.05, 0.1) is 18.0 Å². The number of nitrogens with one attached hydrogen (secondary N) is 1. The maximum Gasteiger partial charge on any atom is 0.243 e. The van der Waals surface area contributed by atoms with E-state index in [4.69, 9.17) is 4.74 Å². The van der Waals surface area contributed by atoms with Crippen molar-refractivity contribution in [2.75, 3.05) is 18.5 Å². The molecule has 3 rings (SSSR count). The van der Waals surface area contributed by atoms with Crippen molar-refractivity contribution in [1.29, 1.82) is 0 Å². The fourth-order valence-electron chi connectivity index (χ4n) is 3.95. The molecule has 0 radical (unpaired) electrons. The van der Waals surface area contributed by atoms with E-state index < -0.39 is 15.9 Å². The van der Waals surface area contributed by atoms with Gasteiger partial charge >= 0.3 is 0 Å². The molecule has 1 amide bonds. The molecule has 1 fully saturated rings. The fraction of sp³-hybridized carbons (Fsp3) is 0.417. The SMILES string of the molecule is CCOc1ccc(S(=O)(=O)N(CC(=O)Nc2cccc(C(C)=O)c2)C2CCCCC2)cc1. The minimum absolute atomic E-state index is 0.108. The Morgan fingerprint density at radius 3 is 2.38 bits per heavy atom. The maximum atomic E-state index is 13.5. The maximum absolute atomic E-state index is 13.5. The zero-order chi connectivity index (χ0) is 23.1. The van der Waals surface area contributed by atoms with E-state index in [-0.39, 0.29) is 23.3 Å². The van der Waals surface area contributed by atoms with E-state index in [1.807, 2.05) is 6.92 Å². The average molecular weight is 459 g/mol. The Labute approximate surface area is 189 Å². The van der Waals surface area contributed by atoms with Gasteiger partial charge in [0.2, 0.25) is 15.9 Å². The molecule has 1 aliphatic carbocycles. The zero-order valence-corrected chi connectivity index (χ0v) is 19.4. The lowest BCUT2D eigenvalue weighted by molar-refractivity contribution is -0.116. The van der Waals surface area contributed by atoms with Crippen LogP contribution in [0.1, 0.15) is 56.3 Å². The van der Waals surface area contributed by atoms with Crippen LogP contribution in [-0.4, -0.2) is 43.6 Å². The van der Waals surface area contributed by atoms with Gasteiger partial charge in [-0.2, -0.15) is 4.31 Å². The molecule has 0 bridgehead atoms. The van der Waals surface area contributed by atoms with Gasteiger partial charge in [0.25, 0.3) is 0 Å². The summed E-state index contributed by atoms with van der Waals surface area (Å²) >= 11 is 0. The van der Waals surface area contributed by atoms with Gasteiger partial charge in [-0.15, -0.1) is 0 Å². The molecule has 1 aliphatic rings. The second-order valence-electron chi connectivity index (χ2n) is 7.93. The number of carbonyl (C=O) groups is 2. The summed E-state index contributed by atoms with van der Waals surface area (Å²) in [7, 11) is -3.88. The highest BCUT2D eigenvalue weighted by atomic mass is 32.2. The van der Waals surface area contributed by atoms with E-state index in [2.05, 4.69) is 5.32 Å². The van der Waals surface area contributed by atoms with Crippen molar-refractivity contribution in [2.45, 2.75) is 56.9 Å². The molecule has 2 aromatic rings. The lowest BCUT2D eigenvalue weighted by atomic mass is 9.95. The number of carbonyl (C=O) groups excluding carboxylic acids is 2. The van der Waals surface area contributed by atoms with Gasteiger partial charge < -0.3 is 10.1 Å². The van der Waals surface area contributed by atoms with Crippen LogP contribution in [0.5, 0.6) is 5.75 Å². The van der Waals surface area contributed by atoms with Crippen molar-refractivity contribution in [1.82, 2.24) is 4.31 Å². The number of rotatable bonds is 9. The minimum atomic E-state index is -3.88. The summed E-state index contributed by atoms with van der Waals surface area (Å²) in [6.07, 6.45) is 4.38. The van der Waals surface area contributed by atoms with E-state index in [1.54, 1.807) is 36.4 Å². The van der Waals surface area contributed by atoms with Crippen molar-refractivity contribution < 1.29 is 22.7 Å². The van der Waals surface area contributed by atoms with Crippen molar-refractivity contribution in [3.63, 3.8) is 0 Å². The van der Waals surface area contributed by atoms with E-state index >= 15 is 0 Å². The van der Waals surface area contributed by atoms with Gasteiger partial charge in [-0.1, -0.05) is 31.4 Å². The lowest BCUT2D eigenvalue weighted by Gasteiger charge is -2.33. The smallest absolute Gasteiger partial charge is 0.243 e. The molecule has 0 atom stereocenters. The van der Waals surface area contributed by atoms with E-state index in [0.717, 1.165) is 32.1 Å². The molecule has 1 saturated carbocycles. The standard InChI is InChI=1S/C24H30N2O5S/c1-3-31-22-12-14-23(15-13-22)32(29,30)26(21-10-5-4-6-11-21)17-24(28)25-20-9-7-8-19(16-20)18(2)27/h7-9,12-16,21H,3-6,10-11,17H2,1-2H3,(H,25,28). The van der Waals surface area contributed by atoms with Gasteiger partial charge in [-0.3, -0.25) is 9.59 Å². The second-order valence-corrected chi connectivity index (χ2v) is 9.82. The molecule has 8 heteroatoms. The average Bonchev–Trinajstić information content (AvgIpc) is 2.79. The number of nitrogens with zero attached hydrogens (tertiary/aromatic N) is 1. The summed E-state index contributed by atoms with van der Waals surface area (Å²) in [6, 6.07) is 12.7. The van der Waals surface area contributed by atoms with Crippen LogP contribution in [0.15, 0.2) is 53.4 Å². The van der Waals surface area contributed by atoms with Crippen LogP contribution in [0.4, 0.5) is 5.69 Å². The highest BCUT2D eigenvalue weighted by molar-refractivity contribution is 7.89. The zero-order valence-electron chi connectivity index (χ0n) is 18.5. The first-order valence-electron chi connectivity index (χ1n) is 11.0. The third-order valence-electron chi connectivity index (χ3n) is 5.58. The Hall–Kier alpha value is -2.71. The minimum Gasteiger partial charge on any atom is -0.494 e. The Balaban J connectivity index is 1.83. The normalized spacial score (nSPS) is 14.8. The van der Waals surface area contributed by atoms with Crippen molar-refractivity contribution in [3.8, 4) is 5.75 Å². The molecule has 0 unspecified atom stereocenters. The molecular formula is C24H30N2O5S. The number of Topliss-reactive ketones (excluding diaryl/α,β-unsaturated/α-hetero) is 1. The molecule has 172 valence electrons. The van der Waals surface area contributed by atoms with E-state index in [1.165, 1.54) is 23.4 Å². The summed E-state index contributed by atoms with van der Waals surface area (Å²) in [5, 5.41) is 2.74. The number of hydrogen-bond acceptors (Lipinski definition) is 5. The Bertz CT molecular complexity index is 1040. The van der Waals surface area contributed by atoms with E-state index in [0.29, 0.717) is 23.6 Å². The fourth-order valence-corrected chi connectivity index (χ4v) is 5.59. The molecule has 0 heterocycles. The third-order valence-corrected chi connectivity index (χ3v) is 7.49. The molecule has 0 spiro atoms. The summed E-state index contributed by atoms with van der Waals surface area (Å²) in [5.41, 5.74) is 0.943. The van der Waals surface area contributed by atoms with Crippen LogP contribution in [0, 0.1) is 0 Å². The van der Waals surface area contributed by atoms with Gasteiger partial charge in [-0.05, 0) is 63.1 Å². The molecule has 7 nitrogen and oxygen atoms in total. The summed E-state index contributed by atoms with van der Waals surface area (Å²) in [5.74, 6) is 0.0487. The van der Waals surface area contributed by atoms with Gasteiger partial charge in [-0.25, -0.2) is 8.42 Å². The molecule has 1 N–H and O–H groups in total. The van der Waals surface area contributed by atoms with Crippen molar-refractivity contribution in [3.05, 3.63) is 54.1 Å². The number of ether oxygens (including phenoxy) is 1. The number of amides is 1. The molecule has 0 aliphatic heterocycles. The number of sulfonamides is 1. The number of hydrogen-bond donors (Lipinski definition) is 1. The largest absolute Gasteiger partial charge is 0.494 e. The summed E-state index contributed by atoms with van der Waals surface area (Å²) in [6.45, 7) is 3.52. The first-order chi connectivity index (χ1) is 15.3. The second kappa shape index (κ2) is 10.7. The first kappa shape index (κ1) is 23.9. The predicted octanol–water partition coefficient (Wildman–Crippen LogP) is 4.25. The van der Waals surface area contributed by atoms with Crippen LogP contribution in [0.3, 0.4) is 0 Å². The molecule has 0 saturated heterocycles. The number of ketones is 1. The summed E-state index contributed by atoms with van der Waals surface area (Å²) < 4.78 is 33.7. The van der Waals surface area contributed by atoms with Gasteiger partial charge in [0.15, 0.2) is 5.78 Å². The Morgan fingerprint density at radius 1 is 1.06 bits per heavy atom. The quantitative estimate of drug-likeness (QED) is 0.567. The number of benzene rings is 2. The van der Waals surface area contributed by atoms with Crippen LogP contribution in [0.2, 0.25) is 0 Å². The van der Waals surface area contributed by atoms with Crippen LogP contribution < -0.4 is 10.1 Å². The topological polar surface area (TPSA) is 92.8 Å². The lowest BCUT2D eigenvalue weighted by Crippen LogP contribution is -2.45. The molecule has 2 aromatic carbocycles. The third kappa shape index (κ3) is 5.95. The highest BCUT2D eigenvalue weighted by Gasteiger charge is 2.34. The predicted molar refractivity (Wildman–Crippen MR) is 123 cm³/mol. The molecule has 32 heavy (non-hydrogen) atoms.